The van der Waals surface area contributed by atoms with Gasteiger partial charge in [-0.25, -0.2) is 17.9 Å². The van der Waals surface area contributed by atoms with Crippen LogP contribution in [0.15, 0.2) is 53.4 Å². The lowest BCUT2D eigenvalue weighted by Crippen LogP contribution is -2.28. The number of sulfonamides is 1. The average Bonchev–Trinajstić information content (AvgIpc) is 3.12. The zero-order valence-corrected chi connectivity index (χ0v) is 15.5. The Kier molecular flexibility index (Phi) is 5.43. The van der Waals surface area contributed by atoms with Crippen LogP contribution in [-0.4, -0.2) is 40.5 Å². The number of amides is 3. The number of urea groups is 1. The van der Waals surface area contributed by atoms with Crippen molar-refractivity contribution in [2.75, 3.05) is 25.0 Å². The molecule has 0 radical (unpaired) electrons. The summed E-state index contributed by atoms with van der Waals surface area (Å²) >= 11 is 0. The summed E-state index contributed by atoms with van der Waals surface area (Å²) < 4.78 is 26.0. The second kappa shape index (κ2) is 7.77. The molecule has 3 rings (SSSR count). The van der Waals surface area contributed by atoms with Gasteiger partial charge >= 0.3 is 6.03 Å². The zero-order chi connectivity index (χ0) is 19.4. The molecule has 2 aromatic rings. The SMILES string of the molecule is CNS(=O)(=O)c1cccc(CNC(=O)c2cccc(N3CCNC3=O)c2)c1. The van der Waals surface area contributed by atoms with Gasteiger partial charge in [0.2, 0.25) is 10.0 Å². The molecule has 1 heterocycles. The summed E-state index contributed by atoms with van der Waals surface area (Å²) in [4.78, 5) is 25.9. The Labute approximate surface area is 157 Å². The van der Waals surface area contributed by atoms with E-state index in [0.717, 1.165) is 0 Å². The minimum Gasteiger partial charge on any atom is -0.348 e. The third kappa shape index (κ3) is 4.26. The average molecular weight is 388 g/mol. The fourth-order valence-corrected chi connectivity index (χ4v) is 3.56. The molecule has 142 valence electrons. The van der Waals surface area contributed by atoms with E-state index in [4.69, 9.17) is 0 Å². The van der Waals surface area contributed by atoms with Crippen molar-refractivity contribution in [2.24, 2.45) is 0 Å². The molecule has 1 aliphatic rings. The van der Waals surface area contributed by atoms with Crippen molar-refractivity contribution in [1.82, 2.24) is 15.4 Å². The first kappa shape index (κ1) is 18.9. The van der Waals surface area contributed by atoms with Crippen LogP contribution < -0.4 is 20.3 Å². The van der Waals surface area contributed by atoms with E-state index in [-0.39, 0.29) is 23.4 Å². The number of anilines is 1. The van der Waals surface area contributed by atoms with Gasteiger partial charge in [0.25, 0.3) is 5.91 Å². The van der Waals surface area contributed by atoms with Gasteiger partial charge in [0.05, 0.1) is 4.90 Å². The van der Waals surface area contributed by atoms with Crippen molar-refractivity contribution in [3.63, 3.8) is 0 Å². The van der Waals surface area contributed by atoms with E-state index in [1.165, 1.54) is 19.2 Å². The second-order valence-electron chi connectivity index (χ2n) is 5.97. The van der Waals surface area contributed by atoms with Gasteiger partial charge < -0.3 is 10.6 Å². The molecule has 2 aromatic carbocycles. The molecule has 0 spiro atoms. The molecule has 8 nitrogen and oxygen atoms in total. The first-order valence-corrected chi connectivity index (χ1v) is 9.85. The van der Waals surface area contributed by atoms with Gasteiger partial charge in [0, 0.05) is 30.9 Å². The number of carbonyl (C=O) groups is 2. The van der Waals surface area contributed by atoms with Crippen LogP contribution in [0.4, 0.5) is 10.5 Å². The third-order valence-corrected chi connectivity index (χ3v) is 5.62. The molecule has 3 amide bonds. The molecule has 0 bridgehead atoms. The lowest BCUT2D eigenvalue weighted by atomic mass is 10.1. The highest BCUT2D eigenvalue weighted by atomic mass is 32.2. The van der Waals surface area contributed by atoms with Crippen LogP contribution in [0.2, 0.25) is 0 Å². The molecule has 0 aliphatic carbocycles. The smallest absolute Gasteiger partial charge is 0.321 e. The van der Waals surface area contributed by atoms with E-state index >= 15 is 0 Å². The predicted octanol–water partition coefficient (Wildman–Crippen LogP) is 1.05. The monoisotopic (exact) mass is 388 g/mol. The first-order chi connectivity index (χ1) is 12.9. The van der Waals surface area contributed by atoms with Crippen LogP contribution in [0.25, 0.3) is 0 Å². The van der Waals surface area contributed by atoms with Crippen molar-refractivity contribution in [3.05, 3.63) is 59.7 Å². The zero-order valence-electron chi connectivity index (χ0n) is 14.7. The van der Waals surface area contributed by atoms with Gasteiger partial charge in [-0.2, -0.15) is 0 Å². The lowest BCUT2D eigenvalue weighted by Gasteiger charge is -2.15. The highest BCUT2D eigenvalue weighted by molar-refractivity contribution is 7.89. The van der Waals surface area contributed by atoms with Gasteiger partial charge in [-0.15, -0.1) is 0 Å². The summed E-state index contributed by atoms with van der Waals surface area (Å²) in [6, 6.07) is 13.0. The number of rotatable bonds is 6. The van der Waals surface area contributed by atoms with Gasteiger partial charge in [0.15, 0.2) is 0 Å². The Morgan fingerprint density at radius 1 is 1.19 bits per heavy atom. The fraction of sp³-hybridized carbons (Fsp3) is 0.222. The molecule has 1 saturated heterocycles. The molecule has 0 unspecified atom stereocenters. The Morgan fingerprint density at radius 3 is 2.67 bits per heavy atom. The Hall–Kier alpha value is -2.91. The van der Waals surface area contributed by atoms with Crippen LogP contribution in [0.3, 0.4) is 0 Å². The van der Waals surface area contributed by atoms with Gasteiger partial charge in [0.1, 0.15) is 0 Å². The van der Waals surface area contributed by atoms with Gasteiger partial charge in [-0.1, -0.05) is 18.2 Å². The molecular formula is C18H20N4O4S. The Morgan fingerprint density at radius 2 is 1.96 bits per heavy atom. The Balaban J connectivity index is 1.70. The number of benzene rings is 2. The number of nitrogens with one attached hydrogen (secondary N) is 3. The highest BCUT2D eigenvalue weighted by Gasteiger charge is 2.21. The molecule has 1 aliphatic heterocycles. The maximum Gasteiger partial charge on any atom is 0.321 e. The quantitative estimate of drug-likeness (QED) is 0.687. The predicted molar refractivity (Wildman–Crippen MR) is 101 cm³/mol. The van der Waals surface area contributed by atoms with E-state index in [9.17, 15) is 18.0 Å². The van der Waals surface area contributed by atoms with Crippen molar-refractivity contribution >= 4 is 27.6 Å². The minimum absolute atomic E-state index is 0.138. The standard InChI is InChI=1S/C18H20N4O4S/c1-19-27(25,26)16-7-2-4-13(10-16)12-21-17(23)14-5-3-6-15(11-14)22-9-8-20-18(22)24/h2-7,10-11,19H,8-9,12H2,1H3,(H,20,24)(H,21,23). The van der Waals surface area contributed by atoms with Gasteiger partial charge in [-0.05, 0) is 42.9 Å². The Bertz CT molecular complexity index is 975. The normalized spacial score (nSPS) is 14.1. The van der Waals surface area contributed by atoms with E-state index in [1.807, 2.05) is 0 Å². The van der Waals surface area contributed by atoms with E-state index in [0.29, 0.717) is 29.9 Å². The van der Waals surface area contributed by atoms with Crippen LogP contribution in [0.1, 0.15) is 15.9 Å². The van der Waals surface area contributed by atoms with E-state index in [2.05, 4.69) is 15.4 Å². The molecular weight excluding hydrogens is 368 g/mol. The lowest BCUT2D eigenvalue weighted by molar-refractivity contribution is 0.0951. The van der Waals surface area contributed by atoms with Crippen molar-refractivity contribution < 1.29 is 18.0 Å². The van der Waals surface area contributed by atoms with Crippen LogP contribution in [0.5, 0.6) is 0 Å². The molecule has 1 fully saturated rings. The number of hydrogen-bond acceptors (Lipinski definition) is 4. The van der Waals surface area contributed by atoms with Crippen molar-refractivity contribution in [3.8, 4) is 0 Å². The largest absolute Gasteiger partial charge is 0.348 e. The molecule has 27 heavy (non-hydrogen) atoms. The molecule has 9 heteroatoms. The van der Waals surface area contributed by atoms with E-state index in [1.54, 1.807) is 41.3 Å². The minimum atomic E-state index is -3.54. The number of hydrogen-bond donors (Lipinski definition) is 3. The maximum absolute atomic E-state index is 12.4. The fourth-order valence-electron chi connectivity index (χ4n) is 2.76. The summed E-state index contributed by atoms with van der Waals surface area (Å²) in [6.45, 7) is 1.30. The molecule has 0 saturated carbocycles. The summed E-state index contributed by atoms with van der Waals surface area (Å²) in [6.07, 6.45) is 0. The topological polar surface area (TPSA) is 108 Å². The maximum atomic E-state index is 12.4. The van der Waals surface area contributed by atoms with Crippen LogP contribution >= 0.6 is 0 Å². The van der Waals surface area contributed by atoms with Gasteiger partial charge in [-0.3, -0.25) is 9.69 Å². The van der Waals surface area contributed by atoms with Crippen LogP contribution in [0, 0.1) is 0 Å². The summed E-state index contributed by atoms with van der Waals surface area (Å²) in [7, 11) is -2.19. The number of nitrogens with zero attached hydrogens (tertiary/aromatic N) is 1. The number of carbonyl (C=O) groups excluding carboxylic acids is 2. The van der Waals surface area contributed by atoms with Crippen LogP contribution in [-0.2, 0) is 16.6 Å². The van der Waals surface area contributed by atoms with Crippen molar-refractivity contribution in [2.45, 2.75) is 11.4 Å². The molecule has 0 aromatic heterocycles. The van der Waals surface area contributed by atoms with Crippen molar-refractivity contribution in [1.29, 1.82) is 0 Å². The summed E-state index contributed by atoms with van der Waals surface area (Å²) in [5.41, 5.74) is 1.74. The first-order valence-electron chi connectivity index (χ1n) is 8.37. The molecule has 0 atom stereocenters. The van der Waals surface area contributed by atoms with E-state index < -0.39 is 10.0 Å². The third-order valence-electron chi connectivity index (χ3n) is 4.21. The summed E-state index contributed by atoms with van der Waals surface area (Å²) in [5, 5.41) is 5.49. The highest BCUT2D eigenvalue weighted by Crippen LogP contribution is 2.18. The summed E-state index contributed by atoms with van der Waals surface area (Å²) in [5.74, 6) is -0.307. The second-order valence-corrected chi connectivity index (χ2v) is 7.86. The molecule has 3 N–H and O–H groups in total.